The molecule has 2 nitrogen and oxygen atoms in total. The number of carbonyl (C=O) groups excluding carboxylic acids is 1. The molecule has 1 heterocycles. The zero-order valence-electron chi connectivity index (χ0n) is 7.95. The molecular formula is C10H14O2S. The number of esters is 1. The Bertz CT molecular complexity index is 254. The molecule has 0 amide bonds. The number of thiophene rings is 1. The van der Waals surface area contributed by atoms with Crippen molar-refractivity contribution in [2.24, 2.45) is 5.92 Å². The summed E-state index contributed by atoms with van der Waals surface area (Å²) in [6, 6.07) is 4.04. The second-order valence-corrected chi connectivity index (χ2v) is 3.97. The lowest BCUT2D eigenvalue weighted by molar-refractivity contribution is -0.147. The summed E-state index contributed by atoms with van der Waals surface area (Å²) in [6.45, 7) is 4.20. The minimum absolute atomic E-state index is 0.0291. The fourth-order valence-electron chi connectivity index (χ4n) is 1.10. The largest absolute Gasteiger partial charge is 0.466 e. The van der Waals surface area contributed by atoms with Crippen LogP contribution in [0.5, 0.6) is 0 Å². The zero-order chi connectivity index (χ0) is 9.68. The molecule has 0 saturated heterocycles. The van der Waals surface area contributed by atoms with E-state index in [2.05, 4.69) is 0 Å². The molecule has 1 aromatic heterocycles. The highest BCUT2D eigenvalue weighted by Crippen LogP contribution is 2.15. The van der Waals surface area contributed by atoms with Crippen LogP contribution >= 0.6 is 11.3 Å². The van der Waals surface area contributed by atoms with Gasteiger partial charge in [-0.15, -0.1) is 11.3 Å². The van der Waals surface area contributed by atoms with Crippen molar-refractivity contribution in [2.75, 3.05) is 6.61 Å². The number of hydrogen-bond donors (Lipinski definition) is 0. The average molecular weight is 198 g/mol. The third-order valence-electron chi connectivity index (χ3n) is 1.78. The lowest BCUT2D eigenvalue weighted by atomic mass is 10.1. The Morgan fingerprint density at radius 3 is 3.00 bits per heavy atom. The maximum atomic E-state index is 11.3. The number of rotatable bonds is 4. The SMILES string of the molecule is CCOC(=O)C(C)Cc1cccs1. The van der Waals surface area contributed by atoms with Gasteiger partial charge in [-0.05, 0) is 24.8 Å². The Labute approximate surface area is 82.5 Å². The van der Waals surface area contributed by atoms with Crippen LogP contribution in [0.25, 0.3) is 0 Å². The van der Waals surface area contributed by atoms with Gasteiger partial charge in [0.15, 0.2) is 0 Å². The van der Waals surface area contributed by atoms with E-state index in [4.69, 9.17) is 4.74 Å². The number of ether oxygens (including phenoxy) is 1. The smallest absolute Gasteiger partial charge is 0.309 e. The Morgan fingerprint density at radius 2 is 2.46 bits per heavy atom. The van der Waals surface area contributed by atoms with Gasteiger partial charge in [0.2, 0.25) is 0 Å². The summed E-state index contributed by atoms with van der Waals surface area (Å²) in [5.41, 5.74) is 0. The zero-order valence-corrected chi connectivity index (χ0v) is 8.76. The molecule has 1 atom stereocenters. The predicted molar refractivity (Wildman–Crippen MR) is 53.8 cm³/mol. The van der Waals surface area contributed by atoms with Crippen LogP contribution in [0, 0.1) is 5.92 Å². The fraction of sp³-hybridized carbons (Fsp3) is 0.500. The maximum absolute atomic E-state index is 11.3. The van der Waals surface area contributed by atoms with Crippen LogP contribution in [0.2, 0.25) is 0 Å². The first-order chi connectivity index (χ1) is 6.24. The van der Waals surface area contributed by atoms with E-state index in [0.717, 1.165) is 6.42 Å². The molecule has 0 aromatic carbocycles. The van der Waals surface area contributed by atoms with Crippen LogP contribution < -0.4 is 0 Å². The summed E-state index contributed by atoms with van der Waals surface area (Å²) in [5, 5.41) is 2.02. The molecular weight excluding hydrogens is 184 g/mol. The molecule has 1 aromatic rings. The highest BCUT2D eigenvalue weighted by molar-refractivity contribution is 7.09. The molecule has 0 fully saturated rings. The summed E-state index contributed by atoms with van der Waals surface area (Å²) in [5.74, 6) is -0.130. The van der Waals surface area contributed by atoms with Crippen molar-refractivity contribution >= 4 is 17.3 Å². The van der Waals surface area contributed by atoms with Gasteiger partial charge >= 0.3 is 5.97 Å². The van der Waals surface area contributed by atoms with E-state index in [1.165, 1.54) is 4.88 Å². The van der Waals surface area contributed by atoms with Crippen molar-refractivity contribution in [1.29, 1.82) is 0 Å². The van der Waals surface area contributed by atoms with Gasteiger partial charge in [-0.3, -0.25) is 4.79 Å². The summed E-state index contributed by atoms with van der Waals surface area (Å²) < 4.78 is 4.92. The molecule has 1 rings (SSSR count). The third kappa shape index (κ3) is 3.19. The van der Waals surface area contributed by atoms with Crippen molar-refractivity contribution in [1.82, 2.24) is 0 Å². The fourth-order valence-corrected chi connectivity index (χ4v) is 1.93. The summed E-state index contributed by atoms with van der Waals surface area (Å²) in [6.07, 6.45) is 0.788. The normalized spacial score (nSPS) is 12.5. The van der Waals surface area contributed by atoms with Crippen LogP contribution in [0.1, 0.15) is 18.7 Å². The minimum Gasteiger partial charge on any atom is -0.466 e. The second-order valence-electron chi connectivity index (χ2n) is 2.94. The minimum atomic E-state index is -0.101. The van der Waals surface area contributed by atoms with Crippen molar-refractivity contribution in [2.45, 2.75) is 20.3 Å². The molecule has 0 aliphatic heterocycles. The average Bonchev–Trinajstić information content (AvgIpc) is 2.57. The van der Waals surface area contributed by atoms with E-state index in [1.807, 2.05) is 31.4 Å². The van der Waals surface area contributed by atoms with E-state index in [-0.39, 0.29) is 11.9 Å². The molecule has 0 spiro atoms. The van der Waals surface area contributed by atoms with Crippen molar-refractivity contribution in [3.63, 3.8) is 0 Å². The third-order valence-corrected chi connectivity index (χ3v) is 2.68. The van der Waals surface area contributed by atoms with E-state index in [0.29, 0.717) is 6.61 Å². The Hall–Kier alpha value is -0.830. The van der Waals surface area contributed by atoms with E-state index >= 15 is 0 Å². The van der Waals surface area contributed by atoms with Gasteiger partial charge in [0, 0.05) is 4.88 Å². The molecule has 3 heteroatoms. The first kappa shape index (κ1) is 10.3. The van der Waals surface area contributed by atoms with Gasteiger partial charge in [-0.25, -0.2) is 0 Å². The van der Waals surface area contributed by atoms with Crippen LogP contribution in [-0.4, -0.2) is 12.6 Å². The van der Waals surface area contributed by atoms with E-state index < -0.39 is 0 Å². The number of carbonyl (C=O) groups is 1. The van der Waals surface area contributed by atoms with Crippen molar-refractivity contribution < 1.29 is 9.53 Å². The molecule has 0 N–H and O–H groups in total. The summed E-state index contributed by atoms with van der Waals surface area (Å²) >= 11 is 1.68. The van der Waals surface area contributed by atoms with Gasteiger partial charge < -0.3 is 4.74 Å². The molecule has 0 radical (unpaired) electrons. The van der Waals surface area contributed by atoms with Crippen LogP contribution in [0.4, 0.5) is 0 Å². The Kier molecular flexibility index (Phi) is 3.96. The summed E-state index contributed by atoms with van der Waals surface area (Å²) in [7, 11) is 0. The first-order valence-electron chi connectivity index (χ1n) is 4.43. The van der Waals surface area contributed by atoms with E-state index in [1.54, 1.807) is 11.3 Å². The van der Waals surface area contributed by atoms with Gasteiger partial charge in [0.1, 0.15) is 0 Å². The van der Waals surface area contributed by atoms with Gasteiger partial charge in [0.05, 0.1) is 12.5 Å². The topological polar surface area (TPSA) is 26.3 Å². The van der Waals surface area contributed by atoms with Crippen LogP contribution in [0.15, 0.2) is 17.5 Å². The summed E-state index contributed by atoms with van der Waals surface area (Å²) in [4.78, 5) is 12.5. The van der Waals surface area contributed by atoms with Crippen molar-refractivity contribution in [3.8, 4) is 0 Å². The van der Waals surface area contributed by atoms with Gasteiger partial charge in [-0.1, -0.05) is 13.0 Å². The monoisotopic (exact) mass is 198 g/mol. The van der Waals surface area contributed by atoms with Crippen molar-refractivity contribution in [3.05, 3.63) is 22.4 Å². The molecule has 13 heavy (non-hydrogen) atoms. The Morgan fingerprint density at radius 1 is 1.69 bits per heavy atom. The Balaban J connectivity index is 2.41. The second kappa shape index (κ2) is 5.02. The lowest BCUT2D eigenvalue weighted by Crippen LogP contribution is -2.16. The number of hydrogen-bond acceptors (Lipinski definition) is 3. The van der Waals surface area contributed by atoms with Gasteiger partial charge in [0.25, 0.3) is 0 Å². The quantitative estimate of drug-likeness (QED) is 0.695. The molecule has 0 aliphatic carbocycles. The van der Waals surface area contributed by atoms with Crippen LogP contribution in [0.3, 0.4) is 0 Å². The predicted octanol–water partition coefficient (Wildman–Crippen LogP) is 2.49. The molecule has 0 bridgehead atoms. The van der Waals surface area contributed by atoms with E-state index in [9.17, 15) is 4.79 Å². The van der Waals surface area contributed by atoms with Gasteiger partial charge in [-0.2, -0.15) is 0 Å². The molecule has 0 aliphatic rings. The first-order valence-corrected chi connectivity index (χ1v) is 5.31. The standard InChI is InChI=1S/C10H14O2S/c1-3-12-10(11)8(2)7-9-5-4-6-13-9/h4-6,8H,3,7H2,1-2H3. The highest BCUT2D eigenvalue weighted by atomic mass is 32.1. The highest BCUT2D eigenvalue weighted by Gasteiger charge is 2.14. The lowest BCUT2D eigenvalue weighted by Gasteiger charge is -2.08. The molecule has 0 saturated carbocycles. The maximum Gasteiger partial charge on any atom is 0.309 e. The van der Waals surface area contributed by atoms with Crippen LogP contribution in [-0.2, 0) is 16.0 Å². The molecule has 72 valence electrons. The molecule has 1 unspecified atom stereocenters.